The van der Waals surface area contributed by atoms with Crippen LogP contribution in [0.1, 0.15) is 81.1 Å². The molecule has 2 heterocycles. The van der Waals surface area contributed by atoms with Crippen LogP contribution >= 0.6 is 0 Å². The fourth-order valence-electron chi connectivity index (χ4n) is 5.32. The second-order valence-electron chi connectivity index (χ2n) is 11.4. The number of hydroxylamine groups is 4. The Morgan fingerprint density at radius 3 is 0.903 bits per heavy atom. The van der Waals surface area contributed by atoms with Crippen LogP contribution in [0.3, 0.4) is 0 Å². The Hall–Kier alpha value is -0.806. The Bertz CT molecular complexity index is 601. The quantitative estimate of drug-likeness (QED) is 0.425. The van der Waals surface area contributed by atoms with Crippen LogP contribution in [0.5, 0.6) is 0 Å². The van der Waals surface area contributed by atoms with Gasteiger partial charge in [-0.2, -0.15) is 10.1 Å². The van der Waals surface area contributed by atoms with Gasteiger partial charge in [0.15, 0.2) is 0 Å². The molecule has 184 valence electrons. The van der Waals surface area contributed by atoms with E-state index in [4.69, 9.17) is 21.7 Å². The van der Waals surface area contributed by atoms with Gasteiger partial charge in [0.25, 0.3) is 11.9 Å². The van der Waals surface area contributed by atoms with Gasteiger partial charge in [0.05, 0.1) is 0 Å². The summed E-state index contributed by atoms with van der Waals surface area (Å²) in [6, 6.07) is 0. The molecule has 0 aromatic heterocycles. The number of hydrogen-bond acceptors (Lipinski definition) is 6. The monoisotopic (exact) mass is 488 g/mol. The summed E-state index contributed by atoms with van der Waals surface area (Å²) in [5.74, 6) is -2.23. The first-order chi connectivity index (χ1) is 13.0. The fourth-order valence-corrected chi connectivity index (χ4v) is 5.32. The van der Waals surface area contributed by atoms with E-state index in [-0.39, 0.29) is 42.2 Å². The summed E-state index contributed by atoms with van der Waals surface area (Å²) in [6.45, 7) is 14.0. The maximum absolute atomic E-state index is 11.1. The van der Waals surface area contributed by atoms with E-state index in [0.717, 1.165) is 0 Å². The molecular weight excluding hydrogens is 451 g/mol. The predicted octanol–water partition coefficient (Wildman–Crippen LogP) is 3.81. The molecule has 0 bridgehead atoms. The first-order valence-electron chi connectivity index (χ1n) is 9.98. The normalized spacial score (nSPS) is 27.7. The van der Waals surface area contributed by atoms with Crippen molar-refractivity contribution in [1.29, 1.82) is 0 Å². The summed E-state index contributed by atoms with van der Waals surface area (Å²) < 4.78 is 0. The van der Waals surface area contributed by atoms with Gasteiger partial charge in [0.2, 0.25) is 0 Å². The smallest absolute Gasteiger partial charge is 0.662 e. The number of carboxylic acids is 2. The van der Waals surface area contributed by atoms with E-state index in [1.54, 1.807) is 55.4 Å². The SMILES string of the molecule is CC1(C)CC([NH-])(C(=O)O)CC(C)(C)N1O.CC1(C)CC([NH-])(C(=O)O)CC(C)(C)N1O.[Ni+2]. The molecule has 0 amide bonds. The number of rotatable bonds is 2. The summed E-state index contributed by atoms with van der Waals surface area (Å²) in [5, 5.41) is 40.3. The third-order valence-electron chi connectivity index (χ3n) is 6.05. The molecule has 2 rings (SSSR count). The van der Waals surface area contributed by atoms with Gasteiger partial charge in [-0.15, -0.1) is 0 Å². The minimum absolute atomic E-state index is 0. The number of carboxylic acid groups (broad SMARTS) is 2. The van der Waals surface area contributed by atoms with E-state index in [1.165, 1.54) is 10.1 Å². The molecule has 0 saturated carbocycles. The van der Waals surface area contributed by atoms with E-state index in [9.17, 15) is 20.0 Å². The topological polar surface area (TPSA) is 169 Å². The number of aliphatic carboxylic acids is 2. The first kappa shape index (κ1) is 30.2. The van der Waals surface area contributed by atoms with Crippen molar-refractivity contribution in [2.45, 2.75) is 114 Å². The molecule has 11 heteroatoms. The number of hydrogen-bond donors (Lipinski definition) is 4. The van der Waals surface area contributed by atoms with Crippen molar-refractivity contribution in [2.75, 3.05) is 0 Å². The molecule has 0 radical (unpaired) electrons. The Labute approximate surface area is 194 Å². The van der Waals surface area contributed by atoms with Crippen LogP contribution in [0.25, 0.3) is 11.5 Å². The molecule has 2 saturated heterocycles. The van der Waals surface area contributed by atoms with E-state index in [1.807, 2.05) is 0 Å². The van der Waals surface area contributed by atoms with Crippen LogP contribution in [0, 0.1) is 0 Å². The average Bonchev–Trinajstić information content (AvgIpc) is 2.49. The van der Waals surface area contributed by atoms with Crippen molar-refractivity contribution in [3.05, 3.63) is 11.5 Å². The van der Waals surface area contributed by atoms with E-state index in [0.29, 0.717) is 0 Å². The van der Waals surface area contributed by atoms with Crippen molar-refractivity contribution in [2.24, 2.45) is 0 Å². The zero-order chi connectivity index (χ0) is 24.1. The molecule has 2 aliphatic rings. The molecule has 0 unspecified atom stereocenters. The summed E-state index contributed by atoms with van der Waals surface area (Å²) >= 11 is 0. The zero-order valence-electron chi connectivity index (χ0n) is 19.6. The number of piperidine rings is 2. The van der Waals surface area contributed by atoms with Crippen LogP contribution in [0.4, 0.5) is 0 Å². The summed E-state index contributed by atoms with van der Waals surface area (Å²) in [5.41, 5.74) is 10.1. The Balaban J connectivity index is 0.000000562. The van der Waals surface area contributed by atoms with Gasteiger partial charge in [-0.25, -0.2) is 0 Å². The third-order valence-corrected chi connectivity index (χ3v) is 6.05. The predicted molar refractivity (Wildman–Crippen MR) is 111 cm³/mol. The summed E-state index contributed by atoms with van der Waals surface area (Å²) in [6.07, 6.45) is 0.481. The van der Waals surface area contributed by atoms with E-state index in [2.05, 4.69) is 0 Å². The van der Waals surface area contributed by atoms with Crippen molar-refractivity contribution in [3.8, 4) is 0 Å². The molecule has 0 aromatic rings. The van der Waals surface area contributed by atoms with Crippen LogP contribution in [-0.2, 0) is 26.1 Å². The van der Waals surface area contributed by atoms with Crippen LogP contribution in [0.15, 0.2) is 0 Å². The summed E-state index contributed by atoms with van der Waals surface area (Å²) in [7, 11) is 0. The van der Waals surface area contributed by atoms with Gasteiger partial charge in [0, 0.05) is 22.2 Å². The maximum atomic E-state index is 11.1. The molecule has 10 nitrogen and oxygen atoms in total. The molecule has 0 spiro atoms. The van der Waals surface area contributed by atoms with Gasteiger partial charge in [-0.05, 0) is 92.2 Å². The second-order valence-corrected chi connectivity index (χ2v) is 11.4. The van der Waals surface area contributed by atoms with Gasteiger partial charge >= 0.3 is 16.5 Å². The Morgan fingerprint density at radius 2 is 0.774 bits per heavy atom. The van der Waals surface area contributed by atoms with E-state index >= 15 is 0 Å². The van der Waals surface area contributed by atoms with Crippen LogP contribution < -0.4 is 0 Å². The largest absolute Gasteiger partial charge is 2.00 e. The van der Waals surface area contributed by atoms with Crippen LogP contribution in [0.2, 0.25) is 0 Å². The molecule has 31 heavy (non-hydrogen) atoms. The standard InChI is InChI=1S/2C10H19N2O3.Ni/c2*1-8(2)5-10(11,7(13)14)6-9(3,4)12(8)15;/h2*11,15H,5-6H2,1-4H3,(H,13,14);/q2*-1;+2. The maximum Gasteiger partial charge on any atom is 2.00 e. The Morgan fingerprint density at radius 1 is 0.613 bits per heavy atom. The van der Waals surface area contributed by atoms with Gasteiger partial charge < -0.3 is 32.1 Å². The fraction of sp³-hybridized carbons (Fsp3) is 0.900. The van der Waals surface area contributed by atoms with Crippen molar-refractivity contribution in [1.82, 2.24) is 10.1 Å². The minimum atomic E-state index is -1.51. The molecule has 0 atom stereocenters. The molecule has 6 N–H and O–H groups in total. The second kappa shape index (κ2) is 8.85. The van der Waals surface area contributed by atoms with Crippen molar-refractivity contribution < 1.29 is 46.7 Å². The third kappa shape index (κ3) is 6.16. The molecule has 0 aromatic carbocycles. The molecular formula is C20H38N4NiO6. The minimum Gasteiger partial charge on any atom is -0.662 e. The zero-order valence-corrected chi connectivity index (χ0v) is 20.6. The van der Waals surface area contributed by atoms with Crippen molar-refractivity contribution in [3.63, 3.8) is 0 Å². The molecule has 0 aliphatic carbocycles. The number of carbonyl (C=O) groups is 2. The van der Waals surface area contributed by atoms with Crippen LogP contribution in [-0.4, -0.2) is 75.9 Å². The van der Waals surface area contributed by atoms with E-state index < -0.39 is 45.2 Å². The summed E-state index contributed by atoms with van der Waals surface area (Å²) in [4.78, 5) is 22.1. The first-order valence-corrected chi connectivity index (χ1v) is 9.98. The number of nitrogens with one attached hydrogen (secondary N) is 2. The molecule has 2 aliphatic heterocycles. The van der Waals surface area contributed by atoms with Crippen molar-refractivity contribution >= 4 is 11.9 Å². The number of nitrogens with zero attached hydrogens (tertiary/aromatic N) is 2. The average molecular weight is 489 g/mol. The van der Waals surface area contributed by atoms with Gasteiger partial charge in [-0.3, -0.25) is 9.59 Å². The molecule has 2 fully saturated rings. The van der Waals surface area contributed by atoms with Gasteiger partial charge in [0.1, 0.15) is 0 Å². The van der Waals surface area contributed by atoms with Gasteiger partial charge in [-0.1, -0.05) is 0 Å². The Kier molecular flexibility index (Phi) is 8.62.